The maximum absolute atomic E-state index is 12.6. The van der Waals surface area contributed by atoms with Gasteiger partial charge >= 0.3 is 0 Å². The van der Waals surface area contributed by atoms with Crippen molar-refractivity contribution in [3.63, 3.8) is 0 Å². The average Bonchev–Trinajstić information content (AvgIpc) is 2.74. The highest BCUT2D eigenvalue weighted by Gasteiger charge is 2.40. The van der Waals surface area contributed by atoms with E-state index >= 15 is 0 Å². The van der Waals surface area contributed by atoms with Gasteiger partial charge in [0.25, 0.3) is 0 Å². The van der Waals surface area contributed by atoms with Crippen molar-refractivity contribution in [1.82, 2.24) is 9.62 Å². The van der Waals surface area contributed by atoms with Crippen LogP contribution in [0.3, 0.4) is 0 Å². The van der Waals surface area contributed by atoms with Gasteiger partial charge in [0.1, 0.15) is 0 Å². The van der Waals surface area contributed by atoms with Crippen LogP contribution < -0.4 is 9.62 Å². The fourth-order valence-electron chi connectivity index (χ4n) is 4.71. The Hall–Kier alpha value is -1.60. The van der Waals surface area contributed by atoms with E-state index in [-0.39, 0.29) is 10.9 Å². The smallest absolute Gasteiger partial charge is 0.240 e. The molecule has 29 heavy (non-hydrogen) atoms. The van der Waals surface area contributed by atoms with Crippen LogP contribution in [0.2, 0.25) is 5.02 Å². The molecule has 0 radical (unpaired) electrons. The predicted octanol–water partition coefficient (Wildman–Crippen LogP) is 3.47. The lowest BCUT2D eigenvalue weighted by Gasteiger charge is -2.50. The minimum absolute atomic E-state index is 0.264. The Kier molecular flexibility index (Phi) is 6.16. The number of fused-ring (bicyclic) bond motifs is 3. The molecule has 156 valence electrons. The molecule has 2 aromatic rings. The maximum Gasteiger partial charge on any atom is 0.240 e. The van der Waals surface area contributed by atoms with Gasteiger partial charge in [-0.1, -0.05) is 29.8 Å². The van der Waals surface area contributed by atoms with Crippen molar-refractivity contribution in [2.24, 2.45) is 11.8 Å². The number of hydrogen-bond donors (Lipinski definition) is 1. The summed E-state index contributed by atoms with van der Waals surface area (Å²) in [6, 6.07) is 17.1. The summed E-state index contributed by atoms with van der Waals surface area (Å²) in [5, 5.41) is 0.533. The molecule has 1 N–H and O–H groups in total. The molecular formula is C22H28ClN3O2S. The van der Waals surface area contributed by atoms with Crippen LogP contribution in [0.15, 0.2) is 59.5 Å². The molecular weight excluding hydrogens is 406 g/mol. The van der Waals surface area contributed by atoms with Gasteiger partial charge in [-0.3, -0.25) is 4.90 Å². The third kappa shape index (κ3) is 4.77. The molecule has 4 atom stereocenters. The molecule has 0 aliphatic carbocycles. The molecule has 0 amide bonds. The highest BCUT2D eigenvalue weighted by atomic mass is 35.5. The van der Waals surface area contributed by atoms with E-state index in [2.05, 4.69) is 45.8 Å². The van der Waals surface area contributed by atoms with Crippen molar-refractivity contribution in [3.05, 3.63) is 59.6 Å². The number of nitrogens with one attached hydrogen (secondary N) is 1. The van der Waals surface area contributed by atoms with Crippen LogP contribution in [0, 0.1) is 11.8 Å². The molecule has 2 aromatic carbocycles. The standard InChI is InChI=1S/C22H28ClN3O2S/c1-25(20-5-3-2-4-6-20)15-18-16-26-12-11-17(18)13-21(26)14-24-29(27,28)22-9-7-19(23)8-10-22/h2-10,17-18,21,24H,11-16H2,1H3/t17-,18+,21+/m0/s1. The summed E-state index contributed by atoms with van der Waals surface area (Å²) in [6.45, 7) is 3.59. The largest absolute Gasteiger partial charge is 0.374 e. The van der Waals surface area contributed by atoms with Gasteiger partial charge in [0.15, 0.2) is 0 Å². The summed E-state index contributed by atoms with van der Waals surface area (Å²) in [6.07, 6.45) is 2.25. The van der Waals surface area contributed by atoms with Crippen molar-refractivity contribution in [3.8, 4) is 0 Å². The zero-order chi connectivity index (χ0) is 20.4. The second-order valence-corrected chi connectivity index (χ2v) is 10.4. The number of anilines is 1. The van der Waals surface area contributed by atoms with Crippen LogP contribution >= 0.6 is 11.6 Å². The molecule has 3 fully saturated rings. The molecule has 3 saturated heterocycles. The van der Waals surface area contributed by atoms with Gasteiger partial charge < -0.3 is 4.90 Å². The van der Waals surface area contributed by atoms with Crippen molar-refractivity contribution < 1.29 is 8.42 Å². The lowest BCUT2D eigenvalue weighted by Crippen LogP contribution is -2.58. The summed E-state index contributed by atoms with van der Waals surface area (Å²) in [5.74, 6) is 1.27. The Morgan fingerprint density at radius 3 is 2.52 bits per heavy atom. The second-order valence-electron chi connectivity index (χ2n) is 8.22. The van der Waals surface area contributed by atoms with Crippen molar-refractivity contribution in [2.75, 3.05) is 38.1 Å². The first-order valence-electron chi connectivity index (χ1n) is 10.2. The summed E-state index contributed by atoms with van der Waals surface area (Å²) in [4.78, 5) is 5.07. The minimum atomic E-state index is -3.51. The van der Waals surface area contributed by atoms with Gasteiger partial charge in [0.05, 0.1) is 4.90 Å². The molecule has 2 bridgehead atoms. The first-order chi connectivity index (χ1) is 13.9. The van der Waals surface area contributed by atoms with Gasteiger partial charge in [0, 0.05) is 43.4 Å². The first kappa shape index (κ1) is 20.7. The van der Waals surface area contributed by atoms with Gasteiger partial charge in [-0.25, -0.2) is 13.1 Å². The number of halogens is 1. The van der Waals surface area contributed by atoms with Crippen molar-refractivity contribution in [1.29, 1.82) is 0 Å². The van der Waals surface area contributed by atoms with Crippen LogP contribution in [0.5, 0.6) is 0 Å². The van der Waals surface area contributed by atoms with Gasteiger partial charge in [-0.15, -0.1) is 0 Å². The van der Waals surface area contributed by atoms with Crippen molar-refractivity contribution in [2.45, 2.75) is 23.8 Å². The maximum atomic E-state index is 12.6. The topological polar surface area (TPSA) is 52.6 Å². The highest BCUT2D eigenvalue weighted by Crippen LogP contribution is 2.37. The second kappa shape index (κ2) is 8.64. The van der Waals surface area contributed by atoms with Crippen LogP contribution in [-0.2, 0) is 10.0 Å². The Morgan fingerprint density at radius 2 is 1.86 bits per heavy atom. The lowest BCUT2D eigenvalue weighted by molar-refractivity contribution is 0.00693. The first-order valence-corrected chi connectivity index (χ1v) is 12.0. The van der Waals surface area contributed by atoms with Crippen LogP contribution in [-0.4, -0.2) is 52.6 Å². The SMILES string of the molecule is CN(C[C@@H]1CN2CC[C@H]1C[C@@H]2CNS(=O)(=O)c1ccc(Cl)cc1)c1ccccc1. The van der Waals surface area contributed by atoms with E-state index < -0.39 is 10.0 Å². The summed E-state index contributed by atoms with van der Waals surface area (Å²) in [7, 11) is -1.35. The van der Waals surface area contributed by atoms with Gasteiger partial charge in [-0.2, -0.15) is 0 Å². The Morgan fingerprint density at radius 1 is 1.14 bits per heavy atom. The zero-order valence-electron chi connectivity index (χ0n) is 16.7. The number of nitrogens with zero attached hydrogens (tertiary/aromatic N) is 2. The number of sulfonamides is 1. The minimum Gasteiger partial charge on any atom is -0.374 e. The van der Waals surface area contributed by atoms with E-state index in [1.165, 1.54) is 12.1 Å². The number of rotatable bonds is 7. The van der Waals surface area contributed by atoms with E-state index in [0.717, 1.165) is 26.1 Å². The third-order valence-corrected chi connectivity index (χ3v) is 8.04. The number of hydrogen-bond acceptors (Lipinski definition) is 4. The zero-order valence-corrected chi connectivity index (χ0v) is 18.2. The van der Waals surface area contributed by atoms with Crippen LogP contribution in [0.4, 0.5) is 5.69 Å². The Balaban J connectivity index is 1.34. The number of benzene rings is 2. The Bertz CT molecular complexity index is 921. The molecule has 3 aliphatic rings. The normalized spacial score (nSPS) is 26.4. The van der Waals surface area contributed by atoms with E-state index in [1.807, 2.05) is 6.07 Å². The van der Waals surface area contributed by atoms with Crippen LogP contribution in [0.1, 0.15) is 12.8 Å². The molecule has 0 spiro atoms. The molecule has 5 nitrogen and oxygen atoms in total. The fraction of sp³-hybridized carbons (Fsp3) is 0.455. The van der Waals surface area contributed by atoms with Gasteiger partial charge in [0.2, 0.25) is 10.0 Å². The van der Waals surface area contributed by atoms with Gasteiger partial charge in [-0.05, 0) is 67.6 Å². The number of piperidine rings is 3. The molecule has 1 unspecified atom stereocenters. The summed E-state index contributed by atoms with van der Waals surface area (Å²) >= 11 is 5.87. The summed E-state index contributed by atoms with van der Waals surface area (Å²) < 4.78 is 28.0. The Labute approximate surface area is 178 Å². The quantitative estimate of drug-likeness (QED) is 0.726. The highest BCUT2D eigenvalue weighted by molar-refractivity contribution is 7.89. The molecule has 0 saturated carbocycles. The third-order valence-electron chi connectivity index (χ3n) is 6.35. The van der Waals surface area contributed by atoms with E-state index in [0.29, 0.717) is 23.4 Å². The average molecular weight is 434 g/mol. The molecule has 3 heterocycles. The van der Waals surface area contributed by atoms with E-state index in [4.69, 9.17) is 11.6 Å². The molecule has 5 rings (SSSR count). The summed E-state index contributed by atoms with van der Waals surface area (Å²) in [5.41, 5.74) is 1.25. The molecule has 7 heteroatoms. The van der Waals surface area contributed by atoms with Crippen molar-refractivity contribution >= 4 is 27.3 Å². The van der Waals surface area contributed by atoms with E-state index in [1.54, 1.807) is 24.3 Å². The van der Waals surface area contributed by atoms with E-state index in [9.17, 15) is 8.42 Å². The van der Waals surface area contributed by atoms with Crippen LogP contribution in [0.25, 0.3) is 0 Å². The molecule has 0 aromatic heterocycles. The molecule has 3 aliphatic heterocycles. The fourth-order valence-corrected chi connectivity index (χ4v) is 5.91. The number of para-hydroxylation sites is 1. The predicted molar refractivity (Wildman–Crippen MR) is 118 cm³/mol. The lowest BCUT2D eigenvalue weighted by atomic mass is 9.75. The monoisotopic (exact) mass is 433 g/mol.